The zero-order valence-corrected chi connectivity index (χ0v) is 21.1. The third-order valence-corrected chi connectivity index (χ3v) is 6.72. The van der Waals surface area contributed by atoms with Gasteiger partial charge in [-0.1, -0.05) is 95.5 Å². The Morgan fingerprint density at radius 2 is 1.03 bits per heavy atom. The monoisotopic (exact) mass is 494 g/mol. The van der Waals surface area contributed by atoms with E-state index < -0.39 is 11.6 Å². The van der Waals surface area contributed by atoms with E-state index in [4.69, 9.17) is 11.6 Å². The highest BCUT2D eigenvalue weighted by Crippen LogP contribution is 2.43. The third-order valence-electron chi connectivity index (χ3n) is 6.49. The highest BCUT2D eigenvalue weighted by molar-refractivity contribution is 6.31. The van der Waals surface area contributed by atoms with Crippen LogP contribution in [0.4, 0.5) is 8.78 Å². The molecule has 36 heavy (non-hydrogen) atoms. The van der Waals surface area contributed by atoms with Gasteiger partial charge in [0.1, 0.15) is 0 Å². The Bertz CT molecular complexity index is 1580. The van der Waals surface area contributed by atoms with Crippen molar-refractivity contribution >= 4 is 11.6 Å². The van der Waals surface area contributed by atoms with Gasteiger partial charge in [-0.15, -0.1) is 0 Å². The molecule has 0 bridgehead atoms. The van der Waals surface area contributed by atoms with Crippen LogP contribution in [0.25, 0.3) is 44.5 Å². The van der Waals surface area contributed by atoms with E-state index in [1.54, 1.807) is 13.0 Å². The molecular formula is C33H25ClF2. The molecule has 0 spiro atoms. The molecule has 5 aromatic carbocycles. The van der Waals surface area contributed by atoms with Gasteiger partial charge >= 0.3 is 0 Å². The van der Waals surface area contributed by atoms with Crippen molar-refractivity contribution in [2.24, 2.45) is 0 Å². The van der Waals surface area contributed by atoms with Crippen molar-refractivity contribution in [1.29, 1.82) is 0 Å². The molecule has 178 valence electrons. The van der Waals surface area contributed by atoms with E-state index in [2.05, 4.69) is 37.3 Å². The summed E-state index contributed by atoms with van der Waals surface area (Å²) < 4.78 is 29.4. The Balaban J connectivity index is 1.79. The summed E-state index contributed by atoms with van der Waals surface area (Å²) in [4.78, 5) is 0. The van der Waals surface area contributed by atoms with E-state index in [1.807, 2.05) is 61.5 Å². The molecule has 0 N–H and O–H groups in total. The maximum atomic E-state index is 15.0. The van der Waals surface area contributed by atoms with E-state index >= 15 is 4.39 Å². The molecule has 5 rings (SSSR count). The van der Waals surface area contributed by atoms with Gasteiger partial charge in [0.2, 0.25) is 0 Å². The number of hydrogen-bond acceptors (Lipinski definition) is 0. The molecule has 0 aliphatic rings. The third kappa shape index (κ3) is 4.57. The fourth-order valence-corrected chi connectivity index (χ4v) is 4.89. The van der Waals surface area contributed by atoms with Gasteiger partial charge in [0, 0.05) is 10.6 Å². The highest BCUT2D eigenvalue weighted by Gasteiger charge is 2.19. The van der Waals surface area contributed by atoms with Crippen LogP contribution in [-0.4, -0.2) is 0 Å². The topological polar surface area (TPSA) is 0 Å². The van der Waals surface area contributed by atoms with E-state index in [-0.39, 0.29) is 5.56 Å². The van der Waals surface area contributed by atoms with Crippen LogP contribution in [0.2, 0.25) is 5.02 Å². The molecule has 0 unspecified atom stereocenters. The molecule has 0 amide bonds. The summed E-state index contributed by atoms with van der Waals surface area (Å²) in [5, 5.41) is 0.633. The van der Waals surface area contributed by atoms with Gasteiger partial charge in [-0.2, -0.15) is 0 Å². The van der Waals surface area contributed by atoms with Crippen LogP contribution in [0.3, 0.4) is 0 Å². The van der Waals surface area contributed by atoms with E-state index in [0.29, 0.717) is 16.1 Å². The molecule has 0 atom stereocenters. The van der Waals surface area contributed by atoms with Crippen molar-refractivity contribution in [2.75, 3.05) is 0 Å². The van der Waals surface area contributed by atoms with Gasteiger partial charge < -0.3 is 0 Å². The molecule has 5 aromatic rings. The van der Waals surface area contributed by atoms with Crippen LogP contribution in [-0.2, 0) is 0 Å². The van der Waals surface area contributed by atoms with Crippen molar-refractivity contribution in [3.05, 3.63) is 130 Å². The fourth-order valence-electron chi connectivity index (χ4n) is 4.71. The summed E-state index contributed by atoms with van der Waals surface area (Å²) >= 11 is 6.51. The maximum Gasteiger partial charge on any atom is 0.166 e. The Morgan fingerprint density at radius 1 is 0.472 bits per heavy atom. The molecule has 3 heteroatoms. The number of rotatable bonds is 4. The fraction of sp³-hybridized carbons (Fsp3) is 0.0909. The van der Waals surface area contributed by atoms with Crippen LogP contribution in [0.1, 0.15) is 16.7 Å². The average molecular weight is 495 g/mol. The standard InChI is InChI=1S/C33H25ClF2/c1-20-8-11-23(12-9-20)25-15-13-24(34)19-30(25)29-16-21(2)10-14-28(29)26-6-4-5-7-27(26)31-17-22(3)18-32(35)33(31)36/h4-19H,1-3H3. The Morgan fingerprint density at radius 3 is 1.75 bits per heavy atom. The molecule has 0 radical (unpaired) electrons. The minimum Gasteiger partial charge on any atom is -0.204 e. The molecule has 0 aliphatic heterocycles. The summed E-state index contributed by atoms with van der Waals surface area (Å²) in [6, 6.07) is 31.0. The lowest BCUT2D eigenvalue weighted by molar-refractivity contribution is 0.510. The second-order valence-corrected chi connectivity index (χ2v) is 9.70. The van der Waals surface area contributed by atoms with Crippen molar-refractivity contribution in [1.82, 2.24) is 0 Å². The van der Waals surface area contributed by atoms with E-state index in [0.717, 1.165) is 38.9 Å². The number of aryl methyl sites for hydroxylation is 3. The smallest absolute Gasteiger partial charge is 0.166 e. The van der Waals surface area contributed by atoms with Crippen LogP contribution in [0, 0.1) is 32.4 Å². The lowest BCUT2D eigenvalue weighted by Gasteiger charge is -2.19. The van der Waals surface area contributed by atoms with Gasteiger partial charge in [-0.3, -0.25) is 0 Å². The van der Waals surface area contributed by atoms with Crippen LogP contribution in [0.15, 0.2) is 97.1 Å². The van der Waals surface area contributed by atoms with Crippen molar-refractivity contribution < 1.29 is 8.78 Å². The first-order valence-electron chi connectivity index (χ1n) is 11.8. The minimum atomic E-state index is -0.847. The highest BCUT2D eigenvalue weighted by atomic mass is 35.5. The van der Waals surface area contributed by atoms with Crippen LogP contribution in [0.5, 0.6) is 0 Å². The molecular weight excluding hydrogens is 470 g/mol. The second-order valence-electron chi connectivity index (χ2n) is 9.26. The van der Waals surface area contributed by atoms with Gasteiger partial charge in [0.15, 0.2) is 11.6 Å². The zero-order valence-electron chi connectivity index (χ0n) is 20.4. The predicted octanol–water partition coefficient (Wildman–Crippen LogP) is 10.2. The average Bonchev–Trinajstić information content (AvgIpc) is 2.87. The summed E-state index contributed by atoms with van der Waals surface area (Å²) in [5.41, 5.74) is 9.68. The van der Waals surface area contributed by atoms with Crippen molar-refractivity contribution in [3.63, 3.8) is 0 Å². The van der Waals surface area contributed by atoms with Crippen molar-refractivity contribution in [2.45, 2.75) is 20.8 Å². The van der Waals surface area contributed by atoms with Crippen LogP contribution >= 0.6 is 11.6 Å². The largest absolute Gasteiger partial charge is 0.204 e. The Kier molecular flexibility index (Phi) is 6.47. The normalized spacial score (nSPS) is 11.1. The lowest BCUT2D eigenvalue weighted by atomic mass is 9.85. The molecule has 0 fully saturated rings. The molecule has 0 aromatic heterocycles. The minimum absolute atomic E-state index is 0.250. The first-order valence-corrected chi connectivity index (χ1v) is 12.2. The predicted molar refractivity (Wildman–Crippen MR) is 147 cm³/mol. The maximum absolute atomic E-state index is 15.0. The van der Waals surface area contributed by atoms with Gasteiger partial charge in [0.25, 0.3) is 0 Å². The lowest BCUT2D eigenvalue weighted by Crippen LogP contribution is -1.96. The second kappa shape index (κ2) is 9.72. The van der Waals surface area contributed by atoms with Gasteiger partial charge in [0.05, 0.1) is 0 Å². The number of hydrogen-bond donors (Lipinski definition) is 0. The SMILES string of the molecule is Cc1ccc(-c2ccc(Cl)cc2-c2cc(C)ccc2-c2ccccc2-c2cc(C)cc(F)c2F)cc1. The summed E-state index contributed by atoms with van der Waals surface area (Å²) in [7, 11) is 0. The first-order chi connectivity index (χ1) is 17.3. The molecule has 0 heterocycles. The van der Waals surface area contributed by atoms with Gasteiger partial charge in [-0.25, -0.2) is 8.78 Å². The first kappa shape index (κ1) is 24.0. The number of benzene rings is 5. The van der Waals surface area contributed by atoms with E-state index in [1.165, 1.54) is 11.6 Å². The Hall–Kier alpha value is -3.75. The van der Waals surface area contributed by atoms with Crippen LogP contribution < -0.4 is 0 Å². The molecule has 0 saturated heterocycles. The summed E-state index contributed by atoms with van der Waals surface area (Å²) in [5.74, 6) is -1.69. The summed E-state index contributed by atoms with van der Waals surface area (Å²) in [6.45, 7) is 5.88. The Labute approximate surface area is 215 Å². The zero-order chi connectivity index (χ0) is 25.4. The van der Waals surface area contributed by atoms with E-state index in [9.17, 15) is 4.39 Å². The van der Waals surface area contributed by atoms with Gasteiger partial charge in [-0.05, 0) is 89.5 Å². The number of halogens is 3. The molecule has 0 aliphatic carbocycles. The summed E-state index contributed by atoms with van der Waals surface area (Å²) in [6.07, 6.45) is 0. The molecule has 0 saturated carbocycles. The van der Waals surface area contributed by atoms with Crippen molar-refractivity contribution in [3.8, 4) is 44.5 Å². The molecule has 0 nitrogen and oxygen atoms in total. The quantitative estimate of drug-likeness (QED) is 0.233.